The molecule has 7 heteroatoms. The quantitative estimate of drug-likeness (QED) is 0.865. The highest BCUT2D eigenvalue weighted by atomic mass is 79.9. The van der Waals surface area contributed by atoms with E-state index < -0.39 is 11.4 Å². The van der Waals surface area contributed by atoms with Gasteiger partial charge in [-0.15, -0.1) is 0 Å². The van der Waals surface area contributed by atoms with E-state index in [0.29, 0.717) is 10.8 Å². The summed E-state index contributed by atoms with van der Waals surface area (Å²) < 4.78 is 20.8. The lowest BCUT2D eigenvalue weighted by Gasteiger charge is -2.11. The van der Waals surface area contributed by atoms with Gasteiger partial charge in [0.25, 0.3) is 5.95 Å². The molecule has 2 aromatic rings. The molecule has 0 radical (unpaired) electrons. The molecule has 0 saturated heterocycles. The number of aryl methyl sites for hydroxylation is 1. The molecule has 1 unspecified atom stereocenters. The maximum atomic E-state index is 12.1. The molecule has 5 nitrogen and oxygen atoms in total. The average Bonchev–Trinajstić information content (AvgIpc) is 2.38. The Morgan fingerprint density at radius 2 is 1.95 bits per heavy atom. The van der Waals surface area contributed by atoms with Gasteiger partial charge in [0.1, 0.15) is 11.4 Å². The predicted octanol–water partition coefficient (Wildman–Crippen LogP) is 2.69. The highest BCUT2D eigenvalue weighted by molar-refractivity contribution is 9.10. The van der Waals surface area contributed by atoms with Crippen LogP contribution in [0.2, 0.25) is 0 Å². The van der Waals surface area contributed by atoms with Gasteiger partial charge in [-0.25, -0.2) is 4.98 Å². The molecule has 1 aromatic heterocycles. The van der Waals surface area contributed by atoms with Crippen molar-refractivity contribution in [1.29, 1.82) is 0 Å². The number of anilines is 1. The number of rotatable bonds is 4. The van der Waals surface area contributed by atoms with Crippen LogP contribution in [-0.2, 0) is 11.4 Å². The number of ether oxygens (including phenoxy) is 1. The summed E-state index contributed by atoms with van der Waals surface area (Å²) in [6.45, 7) is 1.82. The normalized spacial score (nSPS) is 12.0. The van der Waals surface area contributed by atoms with Gasteiger partial charge in [0.05, 0.1) is 7.11 Å². The lowest BCUT2D eigenvalue weighted by atomic mass is 10.4. The lowest BCUT2D eigenvalue weighted by Crippen LogP contribution is -2.15. The van der Waals surface area contributed by atoms with E-state index in [1.54, 1.807) is 18.2 Å². The Labute approximate surface area is 122 Å². The van der Waals surface area contributed by atoms with E-state index in [-0.39, 0.29) is 5.95 Å². The molecule has 0 aliphatic carbocycles. The van der Waals surface area contributed by atoms with Crippen LogP contribution in [-0.4, -0.2) is 21.6 Å². The second kappa shape index (κ2) is 6.23. The number of hydrogen-bond donors (Lipinski definition) is 1. The van der Waals surface area contributed by atoms with Crippen LogP contribution in [0.25, 0.3) is 0 Å². The first-order valence-electron chi connectivity index (χ1n) is 5.42. The molecule has 0 amide bonds. The van der Waals surface area contributed by atoms with E-state index in [0.717, 1.165) is 10.2 Å². The predicted molar refractivity (Wildman–Crippen MR) is 77.5 cm³/mol. The number of hydrogen-bond acceptors (Lipinski definition) is 5. The van der Waals surface area contributed by atoms with Crippen LogP contribution in [0.3, 0.4) is 0 Å². The average molecular weight is 342 g/mol. The highest BCUT2D eigenvalue weighted by Gasteiger charge is 2.14. The zero-order valence-electron chi connectivity index (χ0n) is 10.4. The van der Waals surface area contributed by atoms with E-state index in [1.165, 1.54) is 7.11 Å². The molecule has 0 aliphatic heterocycles. The lowest BCUT2D eigenvalue weighted by molar-refractivity contribution is 0.397. The second-order valence-electron chi connectivity index (χ2n) is 3.70. The van der Waals surface area contributed by atoms with Crippen molar-refractivity contribution < 1.29 is 9.29 Å². The minimum Gasteiger partial charge on any atom is -0.588 e. The number of benzene rings is 1. The number of nitrogens with one attached hydrogen (secondary N) is 1. The van der Waals surface area contributed by atoms with Gasteiger partial charge in [-0.1, -0.05) is 15.9 Å². The summed E-state index contributed by atoms with van der Waals surface area (Å²) in [7, 11) is 1.53. The van der Waals surface area contributed by atoms with Crippen molar-refractivity contribution >= 4 is 33.2 Å². The van der Waals surface area contributed by atoms with E-state index in [1.807, 2.05) is 19.1 Å². The first-order chi connectivity index (χ1) is 9.08. The molecular formula is C12H12BrN3O2S. The first kappa shape index (κ1) is 14.1. The van der Waals surface area contributed by atoms with E-state index in [2.05, 4.69) is 30.6 Å². The SMILES string of the molecule is COc1cc(C)nc(N[S+]([O-])c2ccc(Br)cc2)n1. The minimum absolute atomic E-state index is 0.276. The first-order valence-corrected chi connectivity index (χ1v) is 7.36. The largest absolute Gasteiger partial charge is 0.588 e. The van der Waals surface area contributed by atoms with Crippen LogP contribution >= 0.6 is 15.9 Å². The van der Waals surface area contributed by atoms with E-state index in [4.69, 9.17) is 4.74 Å². The monoisotopic (exact) mass is 341 g/mol. The standard InChI is InChI=1S/C12H12BrN3O2S/c1-8-7-11(18-2)15-12(14-8)16-19(17)10-5-3-9(13)4-6-10/h3-7H,1-2H3,(H,14,15,16). The molecule has 0 aliphatic rings. The third-order valence-electron chi connectivity index (χ3n) is 2.25. The van der Waals surface area contributed by atoms with Crippen LogP contribution < -0.4 is 9.46 Å². The van der Waals surface area contributed by atoms with Crippen LogP contribution in [0, 0.1) is 6.92 Å². The van der Waals surface area contributed by atoms with Gasteiger partial charge in [-0.05, 0) is 31.2 Å². The van der Waals surface area contributed by atoms with Crippen molar-refractivity contribution in [1.82, 2.24) is 9.97 Å². The molecule has 1 heterocycles. The number of halogens is 1. The zero-order chi connectivity index (χ0) is 13.8. The van der Waals surface area contributed by atoms with Gasteiger partial charge < -0.3 is 9.29 Å². The van der Waals surface area contributed by atoms with Crippen molar-refractivity contribution in [2.75, 3.05) is 11.8 Å². The molecule has 0 spiro atoms. The molecular weight excluding hydrogens is 330 g/mol. The van der Waals surface area contributed by atoms with E-state index >= 15 is 0 Å². The Kier molecular flexibility index (Phi) is 4.62. The molecule has 2 rings (SSSR count). The molecule has 1 aromatic carbocycles. The van der Waals surface area contributed by atoms with Crippen molar-refractivity contribution in [2.45, 2.75) is 11.8 Å². The summed E-state index contributed by atoms with van der Waals surface area (Å²) in [5.74, 6) is 0.709. The molecule has 0 bridgehead atoms. The van der Waals surface area contributed by atoms with E-state index in [9.17, 15) is 4.55 Å². The highest BCUT2D eigenvalue weighted by Crippen LogP contribution is 2.18. The molecule has 0 fully saturated rings. The Morgan fingerprint density at radius 1 is 1.26 bits per heavy atom. The van der Waals surface area contributed by atoms with Crippen LogP contribution in [0.15, 0.2) is 39.7 Å². The fraction of sp³-hybridized carbons (Fsp3) is 0.167. The topological polar surface area (TPSA) is 70.1 Å². The summed E-state index contributed by atoms with van der Waals surface area (Å²) in [4.78, 5) is 8.89. The number of methoxy groups -OCH3 is 1. The van der Waals surface area contributed by atoms with Gasteiger partial charge in [-0.3, -0.25) is 0 Å². The Morgan fingerprint density at radius 3 is 2.58 bits per heavy atom. The van der Waals surface area contributed by atoms with Crippen molar-refractivity contribution in [2.24, 2.45) is 0 Å². The smallest absolute Gasteiger partial charge is 0.269 e. The van der Waals surface area contributed by atoms with Crippen LogP contribution in [0.5, 0.6) is 5.88 Å². The van der Waals surface area contributed by atoms with Crippen LogP contribution in [0.4, 0.5) is 5.95 Å². The van der Waals surface area contributed by atoms with Gasteiger partial charge in [-0.2, -0.15) is 9.71 Å². The molecule has 19 heavy (non-hydrogen) atoms. The number of aromatic nitrogens is 2. The Hall–Kier alpha value is -1.31. The third kappa shape index (κ3) is 3.82. The van der Waals surface area contributed by atoms with Gasteiger partial charge in [0.2, 0.25) is 5.88 Å². The Bertz CT molecular complexity index is 565. The van der Waals surface area contributed by atoms with Crippen molar-refractivity contribution in [3.05, 3.63) is 40.5 Å². The number of nitrogens with zero attached hydrogens (tertiary/aromatic N) is 2. The summed E-state index contributed by atoms with van der Waals surface area (Å²) in [5.41, 5.74) is 0.738. The van der Waals surface area contributed by atoms with Gasteiger partial charge in [0.15, 0.2) is 4.90 Å². The van der Waals surface area contributed by atoms with Gasteiger partial charge in [0, 0.05) is 16.2 Å². The summed E-state index contributed by atoms with van der Waals surface area (Å²) in [6.07, 6.45) is 0. The van der Waals surface area contributed by atoms with Crippen LogP contribution in [0.1, 0.15) is 5.69 Å². The fourth-order valence-electron chi connectivity index (χ4n) is 1.39. The zero-order valence-corrected chi connectivity index (χ0v) is 12.8. The summed E-state index contributed by atoms with van der Waals surface area (Å²) >= 11 is 1.92. The fourth-order valence-corrected chi connectivity index (χ4v) is 2.41. The third-order valence-corrected chi connectivity index (χ3v) is 3.85. The summed E-state index contributed by atoms with van der Waals surface area (Å²) in [6, 6.07) is 8.88. The molecule has 1 N–H and O–H groups in total. The molecule has 100 valence electrons. The maximum absolute atomic E-state index is 12.1. The summed E-state index contributed by atoms with van der Waals surface area (Å²) in [5, 5.41) is 0. The molecule has 0 saturated carbocycles. The van der Waals surface area contributed by atoms with Crippen molar-refractivity contribution in [3.8, 4) is 5.88 Å². The molecule has 1 atom stereocenters. The van der Waals surface area contributed by atoms with Crippen molar-refractivity contribution in [3.63, 3.8) is 0 Å². The Balaban J connectivity index is 2.16. The second-order valence-corrected chi connectivity index (χ2v) is 5.83. The minimum atomic E-state index is -1.41. The van der Waals surface area contributed by atoms with Gasteiger partial charge >= 0.3 is 0 Å². The maximum Gasteiger partial charge on any atom is 0.269 e.